The fourth-order valence-corrected chi connectivity index (χ4v) is 7.78. The molecule has 0 saturated carbocycles. The van der Waals surface area contributed by atoms with Crippen molar-refractivity contribution in [1.29, 1.82) is 0 Å². The summed E-state index contributed by atoms with van der Waals surface area (Å²) in [6.45, 7) is 15.1. The number of nitrogens with two attached hydrogens (primary N) is 1. The summed E-state index contributed by atoms with van der Waals surface area (Å²) in [5, 5.41) is 0. The van der Waals surface area contributed by atoms with Gasteiger partial charge in [-0.25, -0.2) is 0 Å². The van der Waals surface area contributed by atoms with Gasteiger partial charge in [0.1, 0.15) is 0 Å². The molecular formula is C50H59N5O6. The number of carbonyl (C=O) groups is 2. The van der Waals surface area contributed by atoms with E-state index in [2.05, 4.69) is 49.6 Å². The number of benzene rings is 4. The molecule has 2 atom stereocenters. The van der Waals surface area contributed by atoms with Gasteiger partial charge in [-0.3, -0.25) is 14.6 Å². The second-order valence-corrected chi connectivity index (χ2v) is 15.4. The van der Waals surface area contributed by atoms with Crippen LogP contribution in [0.3, 0.4) is 0 Å². The summed E-state index contributed by atoms with van der Waals surface area (Å²) in [6, 6.07) is 23.2. The second kappa shape index (κ2) is 20.7. The third-order valence-corrected chi connectivity index (χ3v) is 11.1. The van der Waals surface area contributed by atoms with Crippen LogP contribution in [0.15, 0.2) is 103 Å². The van der Waals surface area contributed by atoms with Gasteiger partial charge in [0, 0.05) is 67.6 Å². The Hall–Kier alpha value is -6.49. The summed E-state index contributed by atoms with van der Waals surface area (Å²) >= 11 is 0. The fourth-order valence-electron chi connectivity index (χ4n) is 7.78. The summed E-state index contributed by atoms with van der Waals surface area (Å²) in [6.07, 6.45) is 12.3. The minimum Gasteiger partial charge on any atom is -0.493 e. The maximum absolute atomic E-state index is 14.1. The summed E-state index contributed by atoms with van der Waals surface area (Å²) in [5.41, 5.74) is 15.0. The van der Waals surface area contributed by atoms with Crippen LogP contribution in [0.25, 0.3) is 11.1 Å². The van der Waals surface area contributed by atoms with Crippen molar-refractivity contribution in [2.45, 2.75) is 71.9 Å². The molecule has 320 valence electrons. The number of methoxy groups -OCH3 is 2. The molecule has 0 radical (unpaired) electrons. The number of carbonyl (C=O) groups excluding carboxylic acids is 2. The molecule has 4 aromatic carbocycles. The smallest absolute Gasteiger partial charge is 0.258 e. The summed E-state index contributed by atoms with van der Waals surface area (Å²) in [4.78, 5) is 36.6. The molecule has 2 aliphatic rings. The number of aryl methyl sites for hydroxylation is 2. The minimum atomic E-state index is -0.226. The minimum absolute atomic E-state index is 0.121. The second-order valence-electron chi connectivity index (χ2n) is 15.4. The lowest BCUT2D eigenvalue weighted by atomic mass is 10.0. The number of ether oxygens (including phenoxy) is 4. The topological polar surface area (TPSA) is 119 Å². The zero-order valence-corrected chi connectivity index (χ0v) is 36.4. The van der Waals surface area contributed by atoms with Gasteiger partial charge in [-0.15, -0.1) is 6.58 Å². The molecule has 0 aliphatic carbocycles. The Kier molecular flexibility index (Phi) is 14.9. The number of nitrogen functional groups attached to an aromatic ring is 1. The molecule has 0 bridgehead atoms. The van der Waals surface area contributed by atoms with Crippen LogP contribution in [0.5, 0.6) is 23.0 Å². The van der Waals surface area contributed by atoms with E-state index in [-0.39, 0.29) is 18.0 Å². The molecular weight excluding hydrogens is 767 g/mol. The van der Waals surface area contributed by atoms with Crippen molar-refractivity contribution in [2.75, 3.05) is 51.2 Å². The van der Waals surface area contributed by atoms with Crippen LogP contribution in [0.1, 0.15) is 78.6 Å². The summed E-state index contributed by atoms with van der Waals surface area (Å²) in [5.74, 6) is 2.04. The first-order valence-corrected chi connectivity index (χ1v) is 21.1. The Morgan fingerprint density at radius 1 is 0.803 bits per heavy atom. The first-order chi connectivity index (χ1) is 29.6. The van der Waals surface area contributed by atoms with Gasteiger partial charge in [0.15, 0.2) is 23.0 Å². The molecule has 4 aromatic rings. The molecule has 6 rings (SSSR count). The number of amides is 2. The fraction of sp³-hybridized carbons (Fsp3) is 0.340. The van der Waals surface area contributed by atoms with Gasteiger partial charge in [-0.05, 0) is 109 Å². The van der Waals surface area contributed by atoms with E-state index in [9.17, 15) is 9.59 Å². The van der Waals surface area contributed by atoms with Crippen LogP contribution in [-0.2, 0) is 4.79 Å². The predicted octanol–water partition coefficient (Wildman–Crippen LogP) is 9.79. The highest BCUT2D eigenvalue weighted by atomic mass is 16.5. The lowest BCUT2D eigenvalue weighted by Crippen LogP contribution is -2.31. The quantitative estimate of drug-likeness (QED) is 0.0308. The maximum atomic E-state index is 14.1. The van der Waals surface area contributed by atoms with E-state index in [1.165, 1.54) is 5.69 Å². The molecule has 11 heteroatoms. The molecule has 2 aliphatic heterocycles. The van der Waals surface area contributed by atoms with Crippen molar-refractivity contribution in [2.24, 2.45) is 4.99 Å². The number of hydrogen-bond acceptors (Lipinski definition) is 9. The first kappa shape index (κ1) is 44.1. The van der Waals surface area contributed by atoms with Crippen LogP contribution < -0.4 is 29.6 Å². The lowest BCUT2D eigenvalue weighted by molar-refractivity contribution is -0.116. The summed E-state index contributed by atoms with van der Waals surface area (Å²) in [7, 11) is 3.18. The van der Waals surface area contributed by atoms with E-state index >= 15 is 0 Å². The standard InChI is InChI=1S/C50H59N5O6/c1-8-20-53(21-9-2)42-18-14-37(15-19-42)39-26-41(10-3)55(32-39)50(57)44-28-47(59-7)48(24-34(44)4)60-22-11-23-61-49-29-45(35(5)25-46(49)58-6)52-30-43-27-38(31-54(43)33-56)36-12-16-40(51)17-13-36/h10,12-19,24-25,28-33,41,43H,3,8-9,11,20-23,26-27,51H2,1-2,4-7H3/b52-30-. The van der Waals surface area contributed by atoms with E-state index < -0.39 is 0 Å². The van der Waals surface area contributed by atoms with E-state index in [4.69, 9.17) is 29.7 Å². The van der Waals surface area contributed by atoms with E-state index in [1.807, 2.05) is 74.8 Å². The van der Waals surface area contributed by atoms with Gasteiger partial charge in [0.2, 0.25) is 6.41 Å². The van der Waals surface area contributed by atoms with Gasteiger partial charge in [-0.2, -0.15) is 0 Å². The Balaban J connectivity index is 1.06. The van der Waals surface area contributed by atoms with Crippen molar-refractivity contribution in [3.05, 3.63) is 126 Å². The molecule has 2 heterocycles. The number of aliphatic imine (C=N–C) groups is 1. The van der Waals surface area contributed by atoms with Crippen molar-refractivity contribution >= 4 is 46.7 Å². The third kappa shape index (κ3) is 10.5. The Labute approximate surface area is 360 Å². The zero-order chi connectivity index (χ0) is 43.5. The number of hydrogen-bond donors (Lipinski definition) is 1. The predicted molar refractivity (Wildman–Crippen MR) is 246 cm³/mol. The first-order valence-electron chi connectivity index (χ1n) is 21.1. The van der Waals surface area contributed by atoms with Gasteiger partial charge >= 0.3 is 0 Å². The van der Waals surface area contributed by atoms with Crippen molar-refractivity contribution < 1.29 is 28.5 Å². The molecule has 0 spiro atoms. The largest absolute Gasteiger partial charge is 0.493 e. The highest BCUT2D eigenvalue weighted by Gasteiger charge is 2.30. The average molecular weight is 826 g/mol. The third-order valence-electron chi connectivity index (χ3n) is 11.1. The molecule has 2 unspecified atom stereocenters. The van der Waals surface area contributed by atoms with Gasteiger partial charge in [0.25, 0.3) is 5.91 Å². The van der Waals surface area contributed by atoms with Crippen LogP contribution in [-0.4, -0.2) is 80.9 Å². The number of rotatable bonds is 20. The molecule has 61 heavy (non-hydrogen) atoms. The Morgan fingerprint density at radius 3 is 1.98 bits per heavy atom. The highest BCUT2D eigenvalue weighted by molar-refractivity contribution is 5.99. The summed E-state index contributed by atoms with van der Waals surface area (Å²) < 4.78 is 23.7. The lowest BCUT2D eigenvalue weighted by Gasteiger charge is -2.24. The zero-order valence-electron chi connectivity index (χ0n) is 36.4. The van der Waals surface area contributed by atoms with Crippen LogP contribution >= 0.6 is 0 Å². The van der Waals surface area contributed by atoms with E-state index in [1.54, 1.807) is 36.3 Å². The van der Waals surface area contributed by atoms with Crippen molar-refractivity contribution in [3.63, 3.8) is 0 Å². The van der Waals surface area contributed by atoms with Crippen LogP contribution in [0, 0.1) is 13.8 Å². The molecule has 0 fully saturated rings. The Bertz CT molecular complexity index is 2260. The van der Waals surface area contributed by atoms with Gasteiger partial charge in [0.05, 0.1) is 45.2 Å². The van der Waals surface area contributed by atoms with Crippen LogP contribution in [0.4, 0.5) is 17.1 Å². The maximum Gasteiger partial charge on any atom is 0.258 e. The molecule has 0 aromatic heterocycles. The number of anilines is 2. The van der Waals surface area contributed by atoms with Crippen molar-refractivity contribution in [1.82, 2.24) is 9.80 Å². The SMILES string of the molecule is C=CC1CC(c2ccc(N(CCC)CCC)cc2)=CN1C(=O)c1cc(OC)c(OCCCOc2cc(/N=C\C3CC(c4ccc(N)cc4)=CN3C=O)c(C)cc2OC)cc1C. The average Bonchev–Trinajstić information content (AvgIpc) is 3.91. The normalized spacial score (nSPS) is 16.0. The van der Waals surface area contributed by atoms with Gasteiger partial charge < -0.3 is 39.4 Å². The van der Waals surface area contributed by atoms with E-state index in [0.717, 1.165) is 65.7 Å². The molecule has 2 N–H and O–H groups in total. The van der Waals surface area contributed by atoms with Gasteiger partial charge in [-0.1, -0.05) is 44.2 Å². The molecule has 2 amide bonds. The van der Waals surface area contributed by atoms with E-state index in [0.29, 0.717) is 72.4 Å². The monoisotopic (exact) mass is 825 g/mol. The molecule has 0 saturated heterocycles. The van der Waals surface area contributed by atoms with Crippen molar-refractivity contribution in [3.8, 4) is 23.0 Å². The highest BCUT2D eigenvalue weighted by Crippen LogP contribution is 2.38. The molecule has 11 nitrogen and oxygen atoms in total. The Morgan fingerprint density at radius 2 is 1.38 bits per heavy atom. The number of nitrogens with zero attached hydrogens (tertiary/aromatic N) is 4. The van der Waals surface area contributed by atoms with Crippen LogP contribution in [0.2, 0.25) is 0 Å².